The van der Waals surface area contributed by atoms with Gasteiger partial charge in [0.25, 0.3) is 0 Å². The topological polar surface area (TPSA) is 139 Å². The normalized spacial score (nSPS) is 15.4. The zero-order valence-corrected chi connectivity index (χ0v) is 15.4. The first-order valence-corrected chi connectivity index (χ1v) is 8.79. The van der Waals surface area contributed by atoms with Gasteiger partial charge in [0.15, 0.2) is 0 Å². The summed E-state index contributed by atoms with van der Waals surface area (Å²) in [7, 11) is 0. The van der Waals surface area contributed by atoms with Crippen LogP contribution in [0.4, 0.5) is 5.69 Å². The van der Waals surface area contributed by atoms with Crippen LogP contribution in [0.2, 0.25) is 0 Å². The molecule has 4 atom stereocenters. The average Bonchev–Trinajstić information content (AvgIpc) is 2.67. The molecule has 4 unspecified atom stereocenters. The molecule has 0 saturated heterocycles. The zero-order chi connectivity index (χ0) is 20.7. The molecule has 2 aromatic carbocycles. The number of hydrogen-bond donors (Lipinski definition) is 6. The van der Waals surface area contributed by atoms with Gasteiger partial charge in [-0.25, -0.2) is 0 Å². The van der Waals surface area contributed by atoms with E-state index in [0.717, 1.165) is 11.1 Å². The van der Waals surface area contributed by atoms with Crippen LogP contribution in [0.25, 0.3) is 11.1 Å². The monoisotopic (exact) mass is 391 g/mol. The summed E-state index contributed by atoms with van der Waals surface area (Å²) in [5, 5.41) is 50.6. The highest BCUT2D eigenvalue weighted by Crippen LogP contribution is 2.25. The van der Waals surface area contributed by atoms with Gasteiger partial charge in [-0.15, -0.1) is 0 Å². The van der Waals surface area contributed by atoms with Crippen LogP contribution in [0.3, 0.4) is 0 Å². The Balaban J connectivity index is 2.03. The average molecular weight is 391 g/mol. The second kappa shape index (κ2) is 10.2. The summed E-state index contributed by atoms with van der Waals surface area (Å²) in [6, 6.07) is 13.9. The predicted octanol–water partition coefficient (Wildman–Crippen LogP) is 0.474. The van der Waals surface area contributed by atoms with Crippen molar-refractivity contribution in [1.29, 1.82) is 0 Å². The van der Waals surface area contributed by atoms with Crippen LogP contribution in [0, 0.1) is 0 Å². The van der Waals surface area contributed by atoms with E-state index < -0.39 is 24.6 Å². The molecule has 0 bridgehead atoms. The summed E-state index contributed by atoms with van der Waals surface area (Å²) in [6.07, 6.45) is -6.72. The molecule has 2 aromatic rings. The first-order chi connectivity index (χ1) is 13.3. The number of nitrogens with one attached hydrogen (secondary N) is 1. The fourth-order valence-electron chi connectivity index (χ4n) is 2.61. The Morgan fingerprint density at radius 2 is 1.68 bits per heavy atom. The van der Waals surface area contributed by atoms with E-state index in [9.17, 15) is 25.2 Å². The maximum Gasteiger partial charge on any atom is 0.226 e. The van der Waals surface area contributed by atoms with Crippen molar-refractivity contribution in [2.75, 3.05) is 11.9 Å². The Kier molecular flexibility index (Phi) is 7.91. The maximum absolute atomic E-state index is 11.2. The molecule has 0 heterocycles. The van der Waals surface area contributed by atoms with Crippen molar-refractivity contribution in [3.8, 4) is 16.9 Å². The minimum atomic E-state index is -1.77. The Labute approximate surface area is 162 Å². The standard InChI is InChI=1S/C20H25NO7/c1-12(23)21-15-4-2-3-14(11-15)13-5-7-16(8-6-13)28-20(27)19(26)18(25)17(24)9-10-22/h2-8,11,17-20,22,24-27H,9-10H2,1H3,(H,21,23). The van der Waals surface area contributed by atoms with E-state index in [0.29, 0.717) is 5.69 Å². The van der Waals surface area contributed by atoms with E-state index in [1.54, 1.807) is 30.3 Å². The van der Waals surface area contributed by atoms with Crippen molar-refractivity contribution in [3.63, 3.8) is 0 Å². The van der Waals surface area contributed by atoms with Gasteiger partial charge in [0.1, 0.15) is 18.0 Å². The third-order valence-electron chi connectivity index (χ3n) is 4.09. The largest absolute Gasteiger partial charge is 0.462 e. The number of benzene rings is 2. The third-order valence-corrected chi connectivity index (χ3v) is 4.09. The van der Waals surface area contributed by atoms with Crippen LogP contribution in [-0.4, -0.2) is 62.6 Å². The van der Waals surface area contributed by atoms with Gasteiger partial charge in [0, 0.05) is 19.2 Å². The van der Waals surface area contributed by atoms with Gasteiger partial charge < -0.3 is 35.6 Å². The number of anilines is 1. The lowest BCUT2D eigenvalue weighted by molar-refractivity contribution is -0.166. The van der Waals surface area contributed by atoms with Crippen LogP contribution < -0.4 is 10.1 Å². The lowest BCUT2D eigenvalue weighted by Gasteiger charge is -2.26. The maximum atomic E-state index is 11.2. The van der Waals surface area contributed by atoms with Gasteiger partial charge in [-0.1, -0.05) is 24.3 Å². The quantitative estimate of drug-likeness (QED) is 0.342. The smallest absolute Gasteiger partial charge is 0.226 e. The van der Waals surface area contributed by atoms with E-state index in [-0.39, 0.29) is 24.7 Å². The molecule has 0 radical (unpaired) electrons. The number of rotatable bonds is 9. The number of carbonyl (C=O) groups is 1. The molecule has 28 heavy (non-hydrogen) atoms. The molecule has 0 spiro atoms. The van der Waals surface area contributed by atoms with E-state index in [4.69, 9.17) is 9.84 Å². The molecule has 6 N–H and O–H groups in total. The fourth-order valence-corrected chi connectivity index (χ4v) is 2.61. The highest BCUT2D eigenvalue weighted by molar-refractivity contribution is 5.89. The van der Waals surface area contributed by atoms with Crippen molar-refractivity contribution in [2.24, 2.45) is 0 Å². The van der Waals surface area contributed by atoms with Crippen molar-refractivity contribution in [2.45, 2.75) is 37.9 Å². The van der Waals surface area contributed by atoms with Gasteiger partial charge in [-0.2, -0.15) is 0 Å². The third kappa shape index (κ3) is 6.01. The summed E-state index contributed by atoms with van der Waals surface area (Å²) in [5.74, 6) is 0.0805. The Hall–Kier alpha value is -2.49. The molecule has 0 aliphatic heterocycles. The molecular formula is C20H25NO7. The summed E-state index contributed by atoms with van der Waals surface area (Å²) < 4.78 is 5.21. The summed E-state index contributed by atoms with van der Waals surface area (Å²) >= 11 is 0. The zero-order valence-electron chi connectivity index (χ0n) is 15.4. The van der Waals surface area contributed by atoms with Crippen LogP contribution in [-0.2, 0) is 4.79 Å². The molecule has 2 rings (SSSR count). The Bertz CT molecular complexity index is 765. The highest BCUT2D eigenvalue weighted by atomic mass is 16.6. The van der Waals surface area contributed by atoms with Crippen LogP contribution in [0.5, 0.6) is 5.75 Å². The van der Waals surface area contributed by atoms with Gasteiger partial charge in [-0.3, -0.25) is 4.79 Å². The van der Waals surface area contributed by atoms with E-state index in [2.05, 4.69) is 5.32 Å². The number of aliphatic hydroxyl groups excluding tert-OH is 5. The van der Waals surface area contributed by atoms with Crippen molar-refractivity contribution >= 4 is 11.6 Å². The number of carbonyl (C=O) groups excluding carboxylic acids is 1. The van der Waals surface area contributed by atoms with Crippen LogP contribution in [0.1, 0.15) is 13.3 Å². The molecule has 0 aliphatic rings. The van der Waals surface area contributed by atoms with Crippen LogP contribution in [0.15, 0.2) is 48.5 Å². The van der Waals surface area contributed by atoms with Gasteiger partial charge in [-0.05, 0) is 41.8 Å². The number of amides is 1. The van der Waals surface area contributed by atoms with Gasteiger partial charge in [0.2, 0.25) is 12.2 Å². The SMILES string of the molecule is CC(=O)Nc1cccc(-c2ccc(OC(O)C(O)C(O)C(O)CCO)cc2)c1. The summed E-state index contributed by atoms with van der Waals surface area (Å²) in [5.41, 5.74) is 2.37. The number of ether oxygens (including phenoxy) is 1. The van der Waals surface area contributed by atoms with E-state index in [1.165, 1.54) is 6.92 Å². The molecule has 0 fully saturated rings. The van der Waals surface area contributed by atoms with Crippen molar-refractivity contribution < 1.29 is 35.1 Å². The molecule has 8 nitrogen and oxygen atoms in total. The van der Waals surface area contributed by atoms with Crippen molar-refractivity contribution in [1.82, 2.24) is 0 Å². The molecule has 0 saturated carbocycles. The van der Waals surface area contributed by atoms with Crippen molar-refractivity contribution in [3.05, 3.63) is 48.5 Å². The molecule has 1 amide bonds. The first kappa shape index (κ1) is 21.8. The minimum Gasteiger partial charge on any atom is -0.462 e. The first-order valence-electron chi connectivity index (χ1n) is 8.79. The Morgan fingerprint density at radius 1 is 1.00 bits per heavy atom. The summed E-state index contributed by atoms with van der Waals surface area (Å²) in [6.45, 7) is 1.06. The Morgan fingerprint density at radius 3 is 2.29 bits per heavy atom. The fraction of sp³-hybridized carbons (Fsp3) is 0.350. The molecule has 152 valence electrons. The lowest BCUT2D eigenvalue weighted by atomic mass is 10.0. The molecular weight excluding hydrogens is 366 g/mol. The lowest BCUT2D eigenvalue weighted by Crippen LogP contribution is -2.46. The second-order valence-corrected chi connectivity index (χ2v) is 6.36. The number of hydrogen-bond acceptors (Lipinski definition) is 7. The summed E-state index contributed by atoms with van der Waals surface area (Å²) in [4.78, 5) is 11.2. The molecule has 0 aliphatic carbocycles. The van der Waals surface area contributed by atoms with E-state index >= 15 is 0 Å². The highest BCUT2D eigenvalue weighted by Gasteiger charge is 2.31. The van der Waals surface area contributed by atoms with Crippen LogP contribution >= 0.6 is 0 Å². The van der Waals surface area contributed by atoms with Gasteiger partial charge >= 0.3 is 0 Å². The second-order valence-electron chi connectivity index (χ2n) is 6.36. The molecule has 8 heteroatoms. The predicted molar refractivity (Wildman–Crippen MR) is 103 cm³/mol. The minimum absolute atomic E-state index is 0.142. The van der Waals surface area contributed by atoms with Gasteiger partial charge in [0.05, 0.1) is 6.10 Å². The van der Waals surface area contributed by atoms with E-state index in [1.807, 2.05) is 18.2 Å². The molecule has 0 aromatic heterocycles. The number of aliphatic hydroxyl groups is 5.